The van der Waals surface area contributed by atoms with Crippen LogP contribution in [0.5, 0.6) is 0 Å². The van der Waals surface area contributed by atoms with Gasteiger partial charge in [-0.3, -0.25) is 4.57 Å². The number of hydrogen-bond donors (Lipinski definition) is 0. The summed E-state index contributed by atoms with van der Waals surface area (Å²) in [6, 6.07) is 53.7. The standard InChI is InChI=1S/C51H44B10N2/c52-41-39(42(53)46(57)49(60)45(41)56)27-12-8-10-25(22-27)38-32-17-5-4-16-31(32)37(33-21-20-28(24-34(33)38)40-43(54)47(58)50(61)48(59)44(40)55)26-11-9-13-29(23-26)51-62-35-18-6-7-19-36(35)63(51)30-14-2-1-3-15-30/h1-24H,52-61H2. The van der Waals surface area contributed by atoms with Crippen LogP contribution in [-0.4, -0.2) is 88.0 Å². The van der Waals surface area contributed by atoms with Crippen LogP contribution < -0.4 is 54.6 Å². The van der Waals surface area contributed by atoms with E-state index >= 15 is 0 Å². The molecule has 2 nitrogen and oxygen atoms in total. The van der Waals surface area contributed by atoms with E-state index in [-0.39, 0.29) is 0 Å². The van der Waals surface area contributed by atoms with Crippen LogP contribution in [0.4, 0.5) is 0 Å². The fourth-order valence-corrected chi connectivity index (χ4v) is 10.5. The molecule has 0 spiro atoms. The van der Waals surface area contributed by atoms with Gasteiger partial charge in [0, 0.05) is 11.3 Å². The SMILES string of the molecule is Bc1c(B)c(B)c(-c2cccc(-c3c4ccccc4c(-c4cccc(-c5nc6ccccc6n5-c5ccccc5)c4)c4ccc(-c5c(B)c(B)c(B)c(B)c5B)cc34)c2)c(B)c1B. The number of nitrogens with zero attached hydrogens (tertiary/aromatic N) is 2. The molecule has 288 valence electrons. The molecule has 0 N–H and O–H groups in total. The van der Waals surface area contributed by atoms with Crippen LogP contribution in [-0.2, 0) is 0 Å². The highest BCUT2D eigenvalue weighted by Gasteiger charge is 2.22. The second-order valence-electron chi connectivity index (χ2n) is 17.8. The molecule has 10 rings (SSSR count). The topological polar surface area (TPSA) is 17.8 Å². The zero-order valence-corrected chi connectivity index (χ0v) is 38.3. The Hall–Kier alpha value is -6.38. The van der Waals surface area contributed by atoms with Crippen molar-refractivity contribution < 1.29 is 0 Å². The van der Waals surface area contributed by atoms with Gasteiger partial charge in [-0.25, -0.2) is 4.98 Å². The van der Waals surface area contributed by atoms with E-state index in [1.54, 1.807) is 0 Å². The first-order chi connectivity index (χ1) is 30.4. The second-order valence-corrected chi connectivity index (χ2v) is 17.8. The fourth-order valence-electron chi connectivity index (χ4n) is 10.5. The van der Waals surface area contributed by atoms with Crippen LogP contribution >= 0.6 is 0 Å². The predicted octanol–water partition coefficient (Wildman–Crippen LogP) is -3.75. The maximum Gasteiger partial charge on any atom is 0.145 e. The first-order valence-electron chi connectivity index (χ1n) is 22.3. The van der Waals surface area contributed by atoms with Gasteiger partial charge in [0.25, 0.3) is 0 Å². The highest BCUT2D eigenvalue weighted by atomic mass is 15.1. The second kappa shape index (κ2) is 15.8. The lowest BCUT2D eigenvalue weighted by molar-refractivity contribution is 1.10. The van der Waals surface area contributed by atoms with Crippen molar-refractivity contribution in [3.63, 3.8) is 0 Å². The third kappa shape index (κ3) is 6.52. The number of hydrogen-bond acceptors (Lipinski definition) is 1. The monoisotopic (exact) mass is 794 g/mol. The van der Waals surface area contributed by atoms with Gasteiger partial charge >= 0.3 is 0 Å². The smallest absolute Gasteiger partial charge is 0.145 e. The van der Waals surface area contributed by atoms with Crippen LogP contribution in [0.1, 0.15) is 0 Å². The maximum absolute atomic E-state index is 5.28. The Morgan fingerprint density at radius 2 is 0.714 bits per heavy atom. The maximum atomic E-state index is 5.28. The average molecular weight is 793 g/mol. The van der Waals surface area contributed by atoms with Crippen LogP contribution in [0, 0.1) is 0 Å². The minimum atomic E-state index is 0.928. The summed E-state index contributed by atoms with van der Waals surface area (Å²) in [5, 5.41) is 4.96. The van der Waals surface area contributed by atoms with Gasteiger partial charge in [-0.1, -0.05) is 125 Å². The molecule has 0 aliphatic carbocycles. The van der Waals surface area contributed by atoms with Crippen molar-refractivity contribution >= 4 is 166 Å². The molecule has 10 aromatic rings. The Bertz CT molecular complexity index is 3470. The zero-order chi connectivity index (χ0) is 43.8. The minimum absolute atomic E-state index is 0.928. The number of benzene rings is 9. The molecule has 9 aromatic carbocycles. The van der Waals surface area contributed by atoms with Crippen molar-refractivity contribution in [2.75, 3.05) is 0 Å². The van der Waals surface area contributed by atoms with E-state index in [0.29, 0.717) is 0 Å². The Labute approximate surface area is 380 Å². The van der Waals surface area contributed by atoms with Gasteiger partial charge in [0.2, 0.25) is 0 Å². The number of fused-ring (bicyclic) bond motifs is 3. The van der Waals surface area contributed by atoms with E-state index in [0.717, 1.165) is 28.1 Å². The van der Waals surface area contributed by atoms with Gasteiger partial charge in [-0.05, 0) is 109 Å². The number of aromatic nitrogens is 2. The van der Waals surface area contributed by atoms with Gasteiger partial charge in [-0.2, -0.15) is 0 Å². The summed E-state index contributed by atoms with van der Waals surface area (Å²) < 4.78 is 2.30. The molecule has 0 aliphatic rings. The Kier molecular flexibility index (Phi) is 10.2. The normalized spacial score (nSPS) is 11.5. The average Bonchev–Trinajstić information content (AvgIpc) is 3.71. The van der Waals surface area contributed by atoms with E-state index in [1.165, 1.54) is 121 Å². The molecule has 0 saturated carbocycles. The predicted molar refractivity (Wildman–Crippen MR) is 305 cm³/mol. The largest absolute Gasteiger partial charge is 0.292 e. The Balaban J connectivity index is 1.28. The molecule has 0 fully saturated rings. The minimum Gasteiger partial charge on any atom is -0.292 e. The number of para-hydroxylation sites is 3. The van der Waals surface area contributed by atoms with E-state index in [9.17, 15) is 0 Å². The first-order valence-corrected chi connectivity index (χ1v) is 22.3. The molecular weight excluding hydrogens is 749 g/mol. The lowest BCUT2D eigenvalue weighted by Crippen LogP contribution is -2.55. The van der Waals surface area contributed by atoms with E-state index in [4.69, 9.17) is 4.98 Å². The third-order valence-electron chi connectivity index (χ3n) is 14.7. The van der Waals surface area contributed by atoms with Gasteiger partial charge in [0.1, 0.15) is 84.3 Å². The third-order valence-corrected chi connectivity index (χ3v) is 14.7. The molecule has 1 heterocycles. The highest BCUT2D eigenvalue weighted by molar-refractivity contribution is 6.70. The Morgan fingerprint density at radius 3 is 1.29 bits per heavy atom. The van der Waals surface area contributed by atoms with Crippen molar-refractivity contribution in [2.45, 2.75) is 0 Å². The first kappa shape index (κ1) is 40.7. The van der Waals surface area contributed by atoms with Crippen LogP contribution in [0.2, 0.25) is 0 Å². The summed E-state index contributed by atoms with van der Waals surface area (Å²) in [6.07, 6.45) is 0. The van der Waals surface area contributed by atoms with E-state index < -0.39 is 0 Å². The molecule has 12 heteroatoms. The van der Waals surface area contributed by atoms with E-state index in [1.807, 2.05) is 0 Å². The summed E-state index contributed by atoms with van der Waals surface area (Å²) in [6.45, 7) is 0. The molecule has 0 bridgehead atoms. The summed E-state index contributed by atoms with van der Waals surface area (Å²) >= 11 is 0. The Morgan fingerprint density at radius 1 is 0.302 bits per heavy atom. The summed E-state index contributed by atoms with van der Waals surface area (Å²) in [5.74, 6) is 0.928. The highest BCUT2D eigenvalue weighted by Crippen LogP contribution is 2.46. The van der Waals surface area contributed by atoms with Gasteiger partial charge in [-0.15, -0.1) is 32.8 Å². The summed E-state index contributed by atoms with van der Waals surface area (Å²) in [7, 11) is 22.8. The lowest BCUT2D eigenvalue weighted by atomic mass is 9.59. The molecule has 0 radical (unpaired) electrons. The number of imidazole rings is 1. The molecule has 0 saturated heterocycles. The number of rotatable bonds is 6. The molecule has 63 heavy (non-hydrogen) atoms. The molecular formula is C51H44B10N2. The zero-order valence-electron chi connectivity index (χ0n) is 38.3. The van der Waals surface area contributed by atoms with E-state index in [2.05, 4.69) is 229 Å². The van der Waals surface area contributed by atoms with Crippen molar-refractivity contribution in [3.8, 4) is 61.6 Å². The molecule has 0 atom stereocenters. The quantitative estimate of drug-likeness (QED) is 0.125. The van der Waals surface area contributed by atoms with Crippen LogP contribution in [0.15, 0.2) is 146 Å². The van der Waals surface area contributed by atoms with Gasteiger partial charge in [0.15, 0.2) is 0 Å². The summed E-state index contributed by atoms with van der Waals surface area (Å²) in [4.78, 5) is 5.28. The molecule has 0 unspecified atom stereocenters. The fraction of sp³-hybridized carbons (Fsp3) is 0. The van der Waals surface area contributed by atoms with Crippen molar-refractivity contribution in [1.29, 1.82) is 0 Å². The van der Waals surface area contributed by atoms with Crippen molar-refractivity contribution in [1.82, 2.24) is 9.55 Å². The summed E-state index contributed by atoms with van der Waals surface area (Å²) in [5.41, 5.74) is 28.0. The van der Waals surface area contributed by atoms with Crippen molar-refractivity contribution in [2.24, 2.45) is 0 Å². The lowest BCUT2D eigenvalue weighted by Gasteiger charge is -2.23. The van der Waals surface area contributed by atoms with Crippen molar-refractivity contribution in [3.05, 3.63) is 146 Å². The molecule has 0 amide bonds. The van der Waals surface area contributed by atoms with Crippen LogP contribution in [0.3, 0.4) is 0 Å². The molecule has 0 aliphatic heterocycles. The van der Waals surface area contributed by atoms with Gasteiger partial charge < -0.3 is 0 Å². The molecule has 1 aromatic heterocycles. The van der Waals surface area contributed by atoms with Gasteiger partial charge in [0.05, 0.1) is 11.0 Å². The van der Waals surface area contributed by atoms with Crippen LogP contribution in [0.25, 0.3) is 94.2 Å².